The summed E-state index contributed by atoms with van der Waals surface area (Å²) >= 11 is 6.07. The first-order valence-corrected chi connectivity index (χ1v) is 7.50. The van der Waals surface area contributed by atoms with E-state index >= 15 is 0 Å². The molecule has 2 aromatic heterocycles. The third-order valence-electron chi connectivity index (χ3n) is 3.77. The molecule has 0 amide bonds. The van der Waals surface area contributed by atoms with Crippen LogP contribution in [0.2, 0.25) is 5.02 Å². The van der Waals surface area contributed by atoms with Crippen LogP contribution in [0.15, 0.2) is 47.8 Å². The fourth-order valence-electron chi connectivity index (χ4n) is 2.65. The molecule has 4 nitrogen and oxygen atoms in total. The van der Waals surface area contributed by atoms with E-state index in [1.165, 1.54) is 0 Å². The first-order chi connectivity index (χ1) is 10.6. The van der Waals surface area contributed by atoms with E-state index in [2.05, 4.69) is 9.97 Å². The van der Waals surface area contributed by atoms with Gasteiger partial charge in [0, 0.05) is 23.5 Å². The highest BCUT2D eigenvalue weighted by Gasteiger charge is 2.12. The molecule has 0 aliphatic heterocycles. The van der Waals surface area contributed by atoms with Crippen molar-refractivity contribution in [3.8, 4) is 0 Å². The quantitative estimate of drug-likeness (QED) is 0.743. The van der Waals surface area contributed by atoms with Crippen LogP contribution in [0.25, 0.3) is 10.9 Å². The van der Waals surface area contributed by atoms with Crippen LogP contribution in [0.5, 0.6) is 0 Å². The monoisotopic (exact) mass is 313 g/mol. The lowest BCUT2D eigenvalue weighted by molar-refractivity contribution is 0.522. The Morgan fingerprint density at radius 2 is 2.18 bits per heavy atom. The number of aryl methyl sites for hydroxylation is 1. The third kappa shape index (κ3) is 2.74. The molecule has 0 N–H and O–H groups in total. The summed E-state index contributed by atoms with van der Waals surface area (Å²) in [7, 11) is 0. The van der Waals surface area contributed by atoms with Crippen molar-refractivity contribution in [2.45, 2.75) is 26.3 Å². The highest BCUT2D eigenvalue weighted by Crippen LogP contribution is 2.20. The third-order valence-corrected chi connectivity index (χ3v) is 3.99. The summed E-state index contributed by atoms with van der Waals surface area (Å²) in [5.74, 6) is 0. The fourth-order valence-corrected chi connectivity index (χ4v) is 2.93. The van der Waals surface area contributed by atoms with Gasteiger partial charge in [0.05, 0.1) is 17.2 Å². The van der Waals surface area contributed by atoms with Gasteiger partial charge in [-0.15, -0.1) is 0 Å². The molecule has 0 spiro atoms. The minimum Gasteiger partial charge on any atom is -0.296 e. The molecule has 3 aromatic rings. The zero-order valence-electron chi connectivity index (χ0n) is 12.5. The average molecular weight is 314 g/mol. The molecule has 0 saturated carbocycles. The highest BCUT2D eigenvalue weighted by atomic mass is 35.5. The Morgan fingerprint density at radius 3 is 2.91 bits per heavy atom. The van der Waals surface area contributed by atoms with Crippen LogP contribution in [0.4, 0.5) is 0 Å². The number of fused-ring (bicyclic) bond motifs is 1. The van der Waals surface area contributed by atoms with Gasteiger partial charge in [-0.1, -0.05) is 17.7 Å². The van der Waals surface area contributed by atoms with E-state index in [-0.39, 0.29) is 11.6 Å². The van der Waals surface area contributed by atoms with Gasteiger partial charge in [-0.25, -0.2) is 4.98 Å². The number of benzene rings is 1. The van der Waals surface area contributed by atoms with Crippen LogP contribution in [-0.2, 0) is 6.42 Å². The van der Waals surface area contributed by atoms with Crippen molar-refractivity contribution in [3.05, 3.63) is 69.5 Å². The van der Waals surface area contributed by atoms with Gasteiger partial charge in [0.2, 0.25) is 0 Å². The molecular formula is C17H16ClN3O. The summed E-state index contributed by atoms with van der Waals surface area (Å²) in [5, 5.41) is 1.12. The molecule has 0 fully saturated rings. The van der Waals surface area contributed by atoms with Gasteiger partial charge >= 0.3 is 0 Å². The predicted octanol–water partition coefficient (Wildman–Crippen LogP) is 3.56. The summed E-state index contributed by atoms with van der Waals surface area (Å²) in [6, 6.07) is 7.40. The summed E-state index contributed by atoms with van der Waals surface area (Å²) in [5.41, 5.74) is 2.64. The maximum absolute atomic E-state index is 12.7. The molecule has 112 valence electrons. The van der Waals surface area contributed by atoms with E-state index in [0.29, 0.717) is 15.9 Å². The standard InChI is InChI=1S/C17H16ClN3O/c1-11-6-14(18)8-15-16(11)20-10-21(17(15)22)12(2)7-13-4-3-5-19-9-13/h3-6,8-10,12H,7H2,1-2H3/t12-/m0/s1. The summed E-state index contributed by atoms with van der Waals surface area (Å²) in [6.45, 7) is 3.91. The molecule has 0 aliphatic carbocycles. The second-order valence-corrected chi connectivity index (χ2v) is 5.93. The normalized spacial score (nSPS) is 12.5. The zero-order chi connectivity index (χ0) is 15.7. The van der Waals surface area contributed by atoms with Gasteiger partial charge in [-0.2, -0.15) is 0 Å². The van der Waals surface area contributed by atoms with Gasteiger partial charge in [0.1, 0.15) is 0 Å². The zero-order valence-corrected chi connectivity index (χ0v) is 13.2. The van der Waals surface area contributed by atoms with E-state index in [1.807, 2.05) is 38.2 Å². The molecule has 1 atom stereocenters. The molecule has 0 radical (unpaired) electrons. The molecule has 1 aromatic carbocycles. The molecule has 0 saturated heterocycles. The molecule has 0 unspecified atom stereocenters. The Kier molecular flexibility index (Phi) is 3.94. The lowest BCUT2D eigenvalue weighted by Gasteiger charge is -2.15. The minimum atomic E-state index is -0.0630. The van der Waals surface area contributed by atoms with Crippen LogP contribution >= 0.6 is 11.6 Å². The minimum absolute atomic E-state index is 0.00659. The van der Waals surface area contributed by atoms with E-state index in [1.54, 1.807) is 23.2 Å². The van der Waals surface area contributed by atoms with Crippen molar-refractivity contribution < 1.29 is 0 Å². The largest absolute Gasteiger partial charge is 0.296 e. The van der Waals surface area contributed by atoms with Gasteiger partial charge in [-0.3, -0.25) is 14.3 Å². The number of hydrogen-bond acceptors (Lipinski definition) is 3. The van der Waals surface area contributed by atoms with Crippen LogP contribution < -0.4 is 5.56 Å². The fraction of sp³-hybridized carbons (Fsp3) is 0.235. The summed E-state index contributed by atoms with van der Waals surface area (Å²) in [4.78, 5) is 21.3. The first-order valence-electron chi connectivity index (χ1n) is 7.12. The Labute approximate surface area is 133 Å². The lowest BCUT2D eigenvalue weighted by Crippen LogP contribution is -2.25. The Bertz CT molecular complexity index is 874. The van der Waals surface area contributed by atoms with Crippen molar-refractivity contribution in [1.82, 2.24) is 14.5 Å². The Hall–Kier alpha value is -2.20. The van der Waals surface area contributed by atoms with Crippen molar-refractivity contribution in [1.29, 1.82) is 0 Å². The van der Waals surface area contributed by atoms with Gasteiger partial charge in [0.25, 0.3) is 5.56 Å². The molecule has 5 heteroatoms. The average Bonchev–Trinajstić information content (AvgIpc) is 2.49. The van der Waals surface area contributed by atoms with E-state index in [0.717, 1.165) is 17.5 Å². The van der Waals surface area contributed by atoms with Crippen LogP contribution in [0.3, 0.4) is 0 Å². The number of hydrogen-bond donors (Lipinski definition) is 0. The van der Waals surface area contributed by atoms with Gasteiger partial charge in [0.15, 0.2) is 0 Å². The molecular weight excluding hydrogens is 298 g/mol. The van der Waals surface area contributed by atoms with Crippen LogP contribution in [0, 0.1) is 6.92 Å². The van der Waals surface area contributed by atoms with Crippen LogP contribution in [0.1, 0.15) is 24.1 Å². The van der Waals surface area contributed by atoms with Gasteiger partial charge in [-0.05, 0) is 49.6 Å². The number of nitrogens with zero attached hydrogens (tertiary/aromatic N) is 3. The summed E-state index contributed by atoms with van der Waals surface area (Å²) in [6.07, 6.45) is 5.90. The molecule has 22 heavy (non-hydrogen) atoms. The van der Waals surface area contributed by atoms with Crippen molar-refractivity contribution in [2.75, 3.05) is 0 Å². The molecule has 0 bridgehead atoms. The SMILES string of the molecule is Cc1cc(Cl)cc2c(=O)n([C@@H](C)Cc3cccnc3)cnc12. The highest BCUT2D eigenvalue weighted by molar-refractivity contribution is 6.31. The number of halogens is 1. The van der Waals surface area contributed by atoms with Crippen LogP contribution in [-0.4, -0.2) is 14.5 Å². The number of aromatic nitrogens is 3. The smallest absolute Gasteiger partial charge is 0.261 e. The van der Waals surface area contributed by atoms with E-state index in [9.17, 15) is 4.79 Å². The second kappa shape index (κ2) is 5.89. The van der Waals surface area contributed by atoms with E-state index in [4.69, 9.17) is 11.6 Å². The molecule has 3 rings (SSSR count). The topological polar surface area (TPSA) is 47.8 Å². The second-order valence-electron chi connectivity index (χ2n) is 5.49. The predicted molar refractivity (Wildman–Crippen MR) is 88.4 cm³/mol. The maximum Gasteiger partial charge on any atom is 0.261 e. The lowest BCUT2D eigenvalue weighted by atomic mass is 10.1. The van der Waals surface area contributed by atoms with E-state index < -0.39 is 0 Å². The first kappa shape index (κ1) is 14.7. The van der Waals surface area contributed by atoms with Gasteiger partial charge < -0.3 is 0 Å². The number of rotatable bonds is 3. The summed E-state index contributed by atoms with van der Waals surface area (Å²) < 4.78 is 1.66. The Balaban J connectivity index is 2.04. The van der Waals surface area contributed by atoms with Crippen molar-refractivity contribution in [3.63, 3.8) is 0 Å². The van der Waals surface area contributed by atoms with Crippen molar-refractivity contribution in [2.24, 2.45) is 0 Å². The number of pyridine rings is 1. The molecule has 2 heterocycles. The Morgan fingerprint density at radius 1 is 1.36 bits per heavy atom. The molecule has 0 aliphatic rings. The van der Waals surface area contributed by atoms with Crippen molar-refractivity contribution >= 4 is 22.5 Å². The maximum atomic E-state index is 12.7.